The van der Waals surface area contributed by atoms with E-state index in [9.17, 15) is 9.59 Å². The summed E-state index contributed by atoms with van der Waals surface area (Å²) in [6.07, 6.45) is 2.86. The van der Waals surface area contributed by atoms with Crippen LogP contribution in [0, 0.1) is 6.92 Å². The van der Waals surface area contributed by atoms with Gasteiger partial charge in [0.05, 0.1) is 10.3 Å². The smallest absolute Gasteiger partial charge is 0.268 e. The average molecular weight is 402 g/mol. The van der Waals surface area contributed by atoms with E-state index in [2.05, 4.69) is 0 Å². The zero-order chi connectivity index (χ0) is 19.1. The Hall–Kier alpha value is -2.18. The Bertz CT molecular complexity index is 1100. The molecule has 27 heavy (non-hydrogen) atoms. The average Bonchev–Trinajstić information content (AvgIpc) is 2.99. The van der Waals surface area contributed by atoms with Crippen LogP contribution in [0.5, 0.6) is 0 Å². The number of aryl methyl sites for hydroxylation is 2. The number of thiophene rings is 1. The van der Waals surface area contributed by atoms with Gasteiger partial charge in [-0.25, -0.2) is 4.98 Å². The van der Waals surface area contributed by atoms with Crippen LogP contribution in [0.1, 0.15) is 40.8 Å². The van der Waals surface area contributed by atoms with Crippen molar-refractivity contribution in [3.05, 3.63) is 55.9 Å². The molecule has 0 N–H and O–H groups in total. The number of hydrogen-bond donors (Lipinski definition) is 0. The zero-order valence-corrected chi connectivity index (χ0v) is 16.9. The molecule has 1 aromatic carbocycles. The van der Waals surface area contributed by atoms with Gasteiger partial charge >= 0.3 is 0 Å². The van der Waals surface area contributed by atoms with Crippen molar-refractivity contribution in [2.45, 2.75) is 39.7 Å². The van der Waals surface area contributed by atoms with Crippen molar-refractivity contribution in [1.29, 1.82) is 0 Å². The Balaban J connectivity index is 1.83. The van der Waals surface area contributed by atoms with E-state index in [4.69, 9.17) is 16.6 Å². The Morgan fingerprint density at radius 2 is 2.19 bits per heavy atom. The van der Waals surface area contributed by atoms with Crippen LogP contribution < -0.4 is 10.5 Å². The van der Waals surface area contributed by atoms with Crippen molar-refractivity contribution in [2.24, 2.45) is 0 Å². The van der Waals surface area contributed by atoms with E-state index in [1.807, 2.05) is 26.0 Å². The van der Waals surface area contributed by atoms with Crippen LogP contribution in [0.15, 0.2) is 29.1 Å². The fourth-order valence-electron chi connectivity index (χ4n) is 3.65. The maximum Gasteiger partial charge on any atom is 0.268 e. The standard InChI is InChI=1S/C20H20ClN3O2S/c1-3-23(14-8-6-7-13(21)11-14)20(26)17-12(2)16-18(27-17)22-15-9-4-5-10-24(15)19(16)25/h6-8,11H,3-5,9-10H2,1-2H3. The molecule has 7 heteroatoms. The first-order chi connectivity index (χ1) is 13.0. The molecule has 0 aliphatic carbocycles. The van der Waals surface area contributed by atoms with Crippen LogP contribution in [0.4, 0.5) is 5.69 Å². The molecule has 0 spiro atoms. The molecule has 4 rings (SSSR count). The molecule has 1 aliphatic heterocycles. The number of anilines is 1. The third-order valence-corrected chi connectivity index (χ3v) is 6.45. The number of carbonyl (C=O) groups is 1. The third-order valence-electron chi connectivity index (χ3n) is 5.04. The van der Waals surface area contributed by atoms with E-state index in [0.29, 0.717) is 33.2 Å². The van der Waals surface area contributed by atoms with Crippen LogP contribution >= 0.6 is 22.9 Å². The number of benzene rings is 1. The molecule has 0 fully saturated rings. The summed E-state index contributed by atoms with van der Waals surface area (Å²) in [5.74, 6) is 0.712. The van der Waals surface area contributed by atoms with Gasteiger partial charge in [-0.15, -0.1) is 11.3 Å². The number of nitrogens with zero attached hydrogens (tertiary/aromatic N) is 3. The van der Waals surface area contributed by atoms with Gasteiger partial charge in [-0.3, -0.25) is 14.2 Å². The molecule has 3 heterocycles. The Morgan fingerprint density at radius 3 is 2.93 bits per heavy atom. The molecular weight excluding hydrogens is 382 g/mol. The maximum absolute atomic E-state index is 13.3. The summed E-state index contributed by atoms with van der Waals surface area (Å²) in [6.45, 7) is 4.99. The van der Waals surface area contributed by atoms with Gasteiger partial charge in [0.1, 0.15) is 10.7 Å². The molecular formula is C20H20ClN3O2S. The first-order valence-corrected chi connectivity index (χ1v) is 10.3. The molecule has 1 amide bonds. The third kappa shape index (κ3) is 3.07. The van der Waals surface area contributed by atoms with Crippen LogP contribution in [-0.4, -0.2) is 22.0 Å². The minimum Gasteiger partial charge on any atom is -0.308 e. The first-order valence-electron chi connectivity index (χ1n) is 9.11. The van der Waals surface area contributed by atoms with Crippen molar-refractivity contribution in [1.82, 2.24) is 9.55 Å². The van der Waals surface area contributed by atoms with Crippen molar-refractivity contribution in [3.8, 4) is 0 Å². The summed E-state index contributed by atoms with van der Waals surface area (Å²) in [6, 6.07) is 7.25. The quantitative estimate of drug-likeness (QED) is 0.652. The molecule has 0 bridgehead atoms. The van der Waals surface area contributed by atoms with E-state index in [1.54, 1.807) is 21.6 Å². The fraction of sp³-hybridized carbons (Fsp3) is 0.350. The lowest BCUT2D eigenvalue weighted by atomic mass is 10.1. The van der Waals surface area contributed by atoms with E-state index in [1.165, 1.54) is 11.3 Å². The number of hydrogen-bond acceptors (Lipinski definition) is 4. The first kappa shape index (κ1) is 18.2. The molecule has 0 radical (unpaired) electrons. The second-order valence-corrected chi connectivity index (χ2v) is 8.14. The summed E-state index contributed by atoms with van der Waals surface area (Å²) >= 11 is 7.41. The number of halogens is 1. The Labute approximate surface area is 166 Å². The highest BCUT2D eigenvalue weighted by atomic mass is 35.5. The highest BCUT2D eigenvalue weighted by Gasteiger charge is 2.25. The number of amides is 1. The Morgan fingerprint density at radius 1 is 1.37 bits per heavy atom. The van der Waals surface area contributed by atoms with Gasteiger partial charge in [-0.05, 0) is 50.5 Å². The molecule has 3 aromatic rings. The van der Waals surface area contributed by atoms with Crippen LogP contribution in [0.25, 0.3) is 10.2 Å². The lowest BCUT2D eigenvalue weighted by Gasteiger charge is -2.21. The molecule has 0 saturated carbocycles. The molecule has 5 nitrogen and oxygen atoms in total. The van der Waals surface area contributed by atoms with E-state index in [0.717, 1.165) is 36.3 Å². The minimum absolute atomic E-state index is 0.0201. The highest BCUT2D eigenvalue weighted by molar-refractivity contribution is 7.20. The summed E-state index contributed by atoms with van der Waals surface area (Å²) < 4.78 is 1.77. The second-order valence-electron chi connectivity index (χ2n) is 6.71. The number of rotatable bonds is 3. The minimum atomic E-state index is -0.123. The largest absolute Gasteiger partial charge is 0.308 e. The van der Waals surface area contributed by atoms with Crippen molar-refractivity contribution in [3.63, 3.8) is 0 Å². The molecule has 0 atom stereocenters. The van der Waals surface area contributed by atoms with Crippen molar-refractivity contribution >= 4 is 44.7 Å². The Kier molecular flexibility index (Phi) is 4.78. The van der Waals surface area contributed by atoms with Crippen LogP contribution in [-0.2, 0) is 13.0 Å². The number of fused-ring (bicyclic) bond motifs is 2. The molecule has 1 aliphatic rings. The SMILES string of the molecule is CCN(C(=O)c1sc2nc3n(c(=O)c2c1C)CCCC3)c1cccc(Cl)c1. The van der Waals surface area contributed by atoms with E-state index < -0.39 is 0 Å². The molecule has 2 aromatic heterocycles. The van der Waals surface area contributed by atoms with Crippen molar-refractivity contribution < 1.29 is 4.79 Å². The maximum atomic E-state index is 13.3. The van der Waals surface area contributed by atoms with Crippen molar-refractivity contribution in [2.75, 3.05) is 11.4 Å². The number of aromatic nitrogens is 2. The van der Waals surface area contributed by atoms with Gasteiger partial charge in [0.15, 0.2) is 0 Å². The van der Waals surface area contributed by atoms with Gasteiger partial charge < -0.3 is 4.90 Å². The summed E-state index contributed by atoms with van der Waals surface area (Å²) in [4.78, 5) is 33.9. The summed E-state index contributed by atoms with van der Waals surface area (Å²) in [5.41, 5.74) is 1.45. The van der Waals surface area contributed by atoms with Gasteiger partial charge in [0.25, 0.3) is 11.5 Å². The zero-order valence-electron chi connectivity index (χ0n) is 15.3. The van der Waals surface area contributed by atoms with E-state index >= 15 is 0 Å². The lowest BCUT2D eigenvalue weighted by Crippen LogP contribution is -2.30. The molecule has 0 unspecified atom stereocenters. The molecule has 0 saturated heterocycles. The summed E-state index contributed by atoms with van der Waals surface area (Å²) in [7, 11) is 0. The highest BCUT2D eigenvalue weighted by Crippen LogP contribution is 2.31. The van der Waals surface area contributed by atoms with Gasteiger partial charge in [0.2, 0.25) is 0 Å². The predicted octanol–water partition coefficient (Wildman–Crippen LogP) is 4.42. The normalized spacial score (nSPS) is 13.6. The predicted molar refractivity (Wildman–Crippen MR) is 110 cm³/mol. The fourth-order valence-corrected chi connectivity index (χ4v) is 4.97. The van der Waals surface area contributed by atoms with Gasteiger partial charge in [-0.1, -0.05) is 17.7 Å². The van der Waals surface area contributed by atoms with Gasteiger partial charge in [-0.2, -0.15) is 0 Å². The summed E-state index contributed by atoms with van der Waals surface area (Å²) in [5, 5.41) is 1.16. The number of carbonyl (C=O) groups excluding carboxylic acids is 1. The van der Waals surface area contributed by atoms with Crippen LogP contribution in [0.3, 0.4) is 0 Å². The molecule has 140 valence electrons. The second kappa shape index (κ2) is 7.09. The van der Waals surface area contributed by atoms with E-state index in [-0.39, 0.29) is 11.5 Å². The topological polar surface area (TPSA) is 55.2 Å². The monoisotopic (exact) mass is 401 g/mol. The van der Waals surface area contributed by atoms with Crippen LogP contribution in [0.2, 0.25) is 5.02 Å². The lowest BCUT2D eigenvalue weighted by molar-refractivity contribution is 0.0992. The van der Waals surface area contributed by atoms with Gasteiger partial charge in [0, 0.05) is 30.2 Å².